The van der Waals surface area contributed by atoms with Crippen molar-refractivity contribution >= 4 is 12.4 Å². The van der Waals surface area contributed by atoms with Gasteiger partial charge in [-0.1, -0.05) is 48.5 Å². The van der Waals surface area contributed by atoms with Gasteiger partial charge in [-0.05, 0) is 37.1 Å². The maximum atomic E-state index is 15.3. The minimum Gasteiger partial charge on any atom is -0.494 e. The largest absolute Gasteiger partial charge is 0.494 e. The number of nitrogens with two attached hydrogens (primary N) is 1. The first-order chi connectivity index (χ1) is 17.7. The van der Waals surface area contributed by atoms with E-state index in [1.165, 1.54) is 38.3 Å². The third kappa shape index (κ3) is 5.69. The number of aromatic nitrogens is 2. The smallest absolute Gasteiger partial charge is 0.331 e. The fraction of sp³-hybridized carbons (Fsp3) is 0.214. The summed E-state index contributed by atoms with van der Waals surface area (Å²) in [5.41, 5.74) is 5.12. The second-order valence-corrected chi connectivity index (χ2v) is 8.72. The number of hydrogen-bond donors (Lipinski definition) is 1. The van der Waals surface area contributed by atoms with Crippen molar-refractivity contribution in [1.29, 1.82) is 0 Å². The Balaban J connectivity index is 0.00000400. The van der Waals surface area contributed by atoms with Gasteiger partial charge in [0, 0.05) is 29.4 Å². The molecular weight excluding hydrogens is 519 g/mol. The van der Waals surface area contributed by atoms with Gasteiger partial charge in [0.25, 0.3) is 5.56 Å². The molecule has 10 heteroatoms. The number of halogens is 4. The molecule has 0 aliphatic rings. The summed E-state index contributed by atoms with van der Waals surface area (Å²) in [5, 5.41) is 0. The summed E-state index contributed by atoms with van der Waals surface area (Å²) < 4.78 is 51.3. The summed E-state index contributed by atoms with van der Waals surface area (Å²) in [5.74, 6) is -2.59. The van der Waals surface area contributed by atoms with E-state index >= 15 is 4.39 Å². The van der Waals surface area contributed by atoms with E-state index in [-0.39, 0.29) is 47.1 Å². The lowest BCUT2D eigenvalue weighted by Gasteiger charge is -2.20. The number of benzene rings is 3. The van der Waals surface area contributed by atoms with Crippen LogP contribution in [-0.4, -0.2) is 22.3 Å². The van der Waals surface area contributed by atoms with Gasteiger partial charge < -0.3 is 10.5 Å². The number of hydrogen-bond acceptors (Lipinski definition) is 4. The van der Waals surface area contributed by atoms with Crippen LogP contribution in [0, 0.1) is 24.4 Å². The van der Waals surface area contributed by atoms with E-state index in [0.29, 0.717) is 6.42 Å². The first-order valence-corrected chi connectivity index (χ1v) is 11.6. The number of rotatable bonds is 8. The normalized spacial score (nSPS) is 11.6. The van der Waals surface area contributed by atoms with Crippen LogP contribution in [0.4, 0.5) is 13.2 Å². The van der Waals surface area contributed by atoms with Crippen molar-refractivity contribution in [2.45, 2.75) is 32.5 Å². The predicted octanol–water partition coefficient (Wildman–Crippen LogP) is 4.45. The molecule has 0 aliphatic carbocycles. The molecule has 0 amide bonds. The maximum Gasteiger partial charge on any atom is 0.331 e. The van der Waals surface area contributed by atoms with Crippen LogP contribution in [0.5, 0.6) is 5.75 Å². The van der Waals surface area contributed by atoms with Crippen LogP contribution >= 0.6 is 12.4 Å². The van der Waals surface area contributed by atoms with E-state index in [1.807, 2.05) is 30.3 Å². The molecule has 0 radical (unpaired) electrons. The molecule has 6 nitrogen and oxygen atoms in total. The zero-order valence-electron chi connectivity index (χ0n) is 20.8. The van der Waals surface area contributed by atoms with Gasteiger partial charge in [0.2, 0.25) is 0 Å². The van der Waals surface area contributed by atoms with Gasteiger partial charge >= 0.3 is 5.69 Å². The molecule has 1 aromatic heterocycles. The summed E-state index contributed by atoms with van der Waals surface area (Å²) in [6.45, 7) is 0.741. The molecule has 0 saturated carbocycles. The topological polar surface area (TPSA) is 79.2 Å². The maximum absolute atomic E-state index is 15.3. The van der Waals surface area contributed by atoms with Crippen LogP contribution < -0.4 is 21.7 Å². The Kier molecular flexibility index (Phi) is 9.19. The molecule has 1 heterocycles. The first kappa shape index (κ1) is 28.7. The quantitative estimate of drug-likeness (QED) is 0.355. The minimum absolute atomic E-state index is 0. The van der Waals surface area contributed by atoms with Crippen molar-refractivity contribution in [2.24, 2.45) is 5.73 Å². The molecule has 4 aromatic rings. The molecule has 0 unspecified atom stereocenters. The molecule has 3 aromatic carbocycles. The number of ether oxygens (including phenoxy) is 1. The van der Waals surface area contributed by atoms with E-state index in [4.69, 9.17) is 10.5 Å². The molecule has 4 rings (SSSR count). The van der Waals surface area contributed by atoms with Gasteiger partial charge in [0.05, 0.1) is 19.2 Å². The minimum atomic E-state index is -0.848. The third-order valence-corrected chi connectivity index (χ3v) is 6.28. The summed E-state index contributed by atoms with van der Waals surface area (Å²) in [7, 11) is 1.29. The van der Waals surface area contributed by atoms with Crippen molar-refractivity contribution in [2.75, 3.05) is 7.11 Å². The molecule has 0 fully saturated rings. The highest BCUT2D eigenvalue weighted by Gasteiger charge is 2.24. The van der Waals surface area contributed by atoms with Gasteiger partial charge in [-0.25, -0.2) is 18.0 Å². The number of methoxy groups -OCH3 is 1. The molecule has 0 aliphatic heterocycles. The molecule has 38 heavy (non-hydrogen) atoms. The van der Waals surface area contributed by atoms with Crippen LogP contribution in [0.25, 0.3) is 11.1 Å². The van der Waals surface area contributed by atoms with Crippen molar-refractivity contribution < 1.29 is 17.9 Å². The zero-order chi connectivity index (χ0) is 26.7. The van der Waals surface area contributed by atoms with Crippen LogP contribution in [-0.2, 0) is 19.5 Å². The molecule has 0 bridgehead atoms. The highest BCUT2D eigenvalue weighted by atomic mass is 35.5. The Morgan fingerprint density at radius 1 is 0.895 bits per heavy atom. The van der Waals surface area contributed by atoms with E-state index in [9.17, 15) is 18.4 Å². The van der Waals surface area contributed by atoms with Crippen LogP contribution in [0.1, 0.15) is 16.8 Å². The van der Waals surface area contributed by atoms with E-state index < -0.39 is 41.3 Å². The summed E-state index contributed by atoms with van der Waals surface area (Å²) >= 11 is 0. The van der Waals surface area contributed by atoms with Crippen LogP contribution in [0.2, 0.25) is 0 Å². The fourth-order valence-electron chi connectivity index (χ4n) is 4.38. The molecule has 0 saturated heterocycles. The van der Waals surface area contributed by atoms with Gasteiger partial charge in [0.1, 0.15) is 11.6 Å². The standard InChI is InChI=1S/C28H26F3N3O3.ClH/c1-17-25(20-10-6-13-24(37-2)26(20)31)27(35)34(15-19(32)14-18-8-4-3-5-9-18)28(36)33(17)16-21-22(29)11-7-12-23(21)30;/h3-13,19H,14-16,32H2,1-2H3;1H/t19-;/m0./s1. The first-order valence-electron chi connectivity index (χ1n) is 11.6. The second kappa shape index (κ2) is 12.1. The van der Waals surface area contributed by atoms with E-state index in [1.54, 1.807) is 0 Å². The van der Waals surface area contributed by atoms with Gasteiger partial charge in [-0.2, -0.15) is 0 Å². The molecular formula is C28H27ClF3N3O3. The van der Waals surface area contributed by atoms with Gasteiger partial charge in [-0.3, -0.25) is 13.9 Å². The lowest BCUT2D eigenvalue weighted by atomic mass is 10.0. The van der Waals surface area contributed by atoms with Crippen molar-refractivity contribution in [1.82, 2.24) is 9.13 Å². The monoisotopic (exact) mass is 545 g/mol. The number of nitrogens with zero attached hydrogens (tertiary/aromatic N) is 2. The zero-order valence-corrected chi connectivity index (χ0v) is 21.6. The van der Waals surface area contributed by atoms with Gasteiger partial charge in [-0.15, -0.1) is 12.4 Å². The van der Waals surface area contributed by atoms with Crippen molar-refractivity contribution in [3.05, 3.63) is 122 Å². The average Bonchev–Trinajstić information content (AvgIpc) is 2.87. The van der Waals surface area contributed by atoms with Crippen LogP contribution in [0.15, 0.2) is 76.3 Å². The molecule has 2 N–H and O–H groups in total. The van der Waals surface area contributed by atoms with E-state index in [0.717, 1.165) is 26.8 Å². The van der Waals surface area contributed by atoms with E-state index in [2.05, 4.69) is 0 Å². The average molecular weight is 546 g/mol. The summed E-state index contributed by atoms with van der Waals surface area (Å²) in [6, 6.07) is 16.3. The lowest BCUT2D eigenvalue weighted by Crippen LogP contribution is -2.46. The SMILES string of the molecule is COc1cccc(-c2c(C)n(Cc3c(F)cccc3F)c(=O)n(C[C@@H](N)Cc3ccccc3)c2=O)c1F.Cl. The second-order valence-electron chi connectivity index (χ2n) is 8.72. The highest BCUT2D eigenvalue weighted by molar-refractivity contribution is 5.85. The Hall–Kier alpha value is -3.82. The highest BCUT2D eigenvalue weighted by Crippen LogP contribution is 2.29. The molecule has 0 spiro atoms. The Labute approximate surface area is 223 Å². The molecule has 200 valence electrons. The molecule has 1 atom stereocenters. The Morgan fingerprint density at radius 3 is 2.16 bits per heavy atom. The summed E-state index contributed by atoms with van der Waals surface area (Å²) in [6.07, 6.45) is 0.366. The Bertz CT molecular complexity index is 1530. The third-order valence-electron chi connectivity index (χ3n) is 6.28. The van der Waals surface area contributed by atoms with Crippen molar-refractivity contribution in [3.8, 4) is 16.9 Å². The van der Waals surface area contributed by atoms with Crippen molar-refractivity contribution in [3.63, 3.8) is 0 Å². The van der Waals surface area contributed by atoms with Gasteiger partial charge in [0.15, 0.2) is 11.6 Å². The predicted molar refractivity (Wildman–Crippen MR) is 142 cm³/mol. The Morgan fingerprint density at radius 2 is 1.53 bits per heavy atom. The van der Waals surface area contributed by atoms with Crippen LogP contribution in [0.3, 0.4) is 0 Å². The fourth-order valence-corrected chi connectivity index (χ4v) is 4.38. The lowest BCUT2D eigenvalue weighted by molar-refractivity contribution is 0.387. The summed E-state index contributed by atoms with van der Waals surface area (Å²) in [4.78, 5) is 27.2.